The Morgan fingerprint density at radius 1 is 0.462 bits per heavy atom. The van der Waals surface area contributed by atoms with Gasteiger partial charge >= 0.3 is 0 Å². The second kappa shape index (κ2) is 7.25. The first-order valence-corrected chi connectivity index (χ1v) is 8.83. The Hall–Kier alpha value is -3.38. The fourth-order valence-electron chi connectivity index (χ4n) is 3.29. The second-order valence-corrected chi connectivity index (χ2v) is 6.32. The molecule has 0 nitrogen and oxygen atoms in total. The number of hydrogen-bond acceptors (Lipinski definition) is 0. The van der Waals surface area contributed by atoms with Gasteiger partial charge in [-0.05, 0) is 51.1 Å². The molecule has 0 aliphatic heterocycles. The second-order valence-electron chi connectivity index (χ2n) is 6.32. The van der Waals surface area contributed by atoms with Crippen molar-refractivity contribution in [2.45, 2.75) is 0 Å². The minimum Gasteiger partial charge on any atom is -0.0985 e. The van der Waals surface area contributed by atoms with Crippen LogP contribution in [0.1, 0.15) is 5.56 Å². The molecule has 0 heteroatoms. The molecule has 26 heavy (non-hydrogen) atoms. The highest BCUT2D eigenvalue weighted by Gasteiger charge is 2.09. The molecule has 0 radical (unpaired) electrons. The lowest BCUT2D eigenvalue weighted by atomic mass is 9.91. The summed E-state index contributed by atoms with van der Waals surface area (Å²) in [6.07, 6.45) is 1.90. The SMILES string of the molecule is C=Cc1ccc(-c2cccc(-c3ccccc3)c2)c(-c2ccccc2)c1. The van der Waals surface area contributed by atoms with Crippen molar-refractivity contribution >= 4 is 6.08 Å². The molecular formula is C26H20. The van der Waals surface area contributed by atoms with Crippen molar-refractivity contribution in [2.24, 2.45) is 0 Å². The van der Waals surface area contributed by atoms with E-state index < -0.39 is 0 Å². The van der Waals surface area contributed by atoms with Crippen molar-refractivity contribution in [1.29, 1.82) is 0 Å². The van der Waals surface area contributed by atoms with E-state index in [4.69, 9.17) is 0 Å². The minimum atomic E-state index is 1.13. The van der Waals surface area contributed by atoms with Gasteiger partial charge < -0.3 is 0 Å². The summed E-state index contributed by atoms with van der Waals surface area (Å²) < 4.78 is 0. The van der Waals surface area contributed by atoms with Gasteiger partial charge in [0.05, 0.1) is 0 Å². The van der Waals surface area contributed by atoms with Crippen LogP contribution in [-0.2, 0) is 0 Å². The number of hydrogen-bond donors (Lipinski definition) is 0. The summed E-state index contributed by atoms with van der Waals surface area (Å²) in [5.41, 5.74) is 8.50. The minimum absolute atomic E-state index is 1.13. The first-order valence-electron chi connectivity index (χ1n) is 8.83. The number of rotatable bonds is 4. The van der Waals surface area contributed by atoms with Crippen molar-refractivity contribution in [1.82, 2.24) is 0 Å². The predicted octanol–water partition coefficient (Wildman–Crippen LogP) is 7.33. The van der Waals surface area contributed by atoms with Crippen molar-refractivity contribution in [3.8, 4) is 33.4 Å². The highest BCUT2D eigenvalue weighted by atomic mass is 14.1. The largest absolute Gasteiger partial charge is 0.0985 e. The molecule has 0 spiro atoms. The molecule has 0 amide bonds. The summed E-state index contributed by atoms with van der Waals surface area (Å²) >= 11 is 0. The zero-order valence-electron chi connectivity index (χ0n) is 14.6. The van der Waals surface area contributed by atoms with E-state index in [2.05, 4.69) is 110 Å². The van der Waals surface area contributed by atoms with Gasteiger partial charge in [0.25, 0.3) is 0 Å². The summed E-state index contributed by atoms with van der Waals surface area (Å²) in [6, 6.07) is 36.3. The van der Waals surface area contributed by atoms with Crippen LogP contribution in [-0.4, -0.2) is 0 Å². The zero-order valence-corrected chi connectivity index (χ0v) is 14.6. The van der Waals surface area contributed by atoms with Crippen LogP contribution in [0.2, 0.25) is 0 Å². The lowest BCUT2D eigenvalue weighted by Gasteiger charge is -2.13. The summed E-state index contributed by atoms with van der Waals surface area (Å²) in [5.74, 6) is 0. The van der Waals surface area contributed by atoms with Gasteiger partial charge in [-0.25, -0.2) is 0 Å². The van der Waals surface area contributed by atoms with Gasteiger partial charge in [0, 0.05) is 0 Å². The third-order valence-electron chi connectivity index (χ3n) is 4.64. The van der Waals surface area contributed by atoms with Crippen LogP contribution in [0, 0.1) is 0 Å². The first kappa shape index (κ1) is 16.1. The quantitative estimate of drug-likeness (QED) is 0.367. The molecule has 0 aromatic heterocycles. The topological polar surface area (TPSA) is 0 Å². The van der Waals surface area contributed by atoms with Crippen LogP contribution in [0.3, 0.4) is 0 Å². The van der Waals surface area contributed by atoms with Crippen LogP contribution in [0.5, 0.6) is 0 Å². The summed E-state index contributed by atoms with van der Waals surface area (Å²) in [4.78, 5) is 0. The van der Waals surface area contributed by atoms with E-state index in [1.54, 1.807) is 0 Å². The smallest absolute Gasteiger partial charge is 0.00995 e. The Balaban J connectivity index is 1.87. The van der Waals surface area contributed by atoms with Gasteiger partial charge in [0.15, 0.2) is 0 Å². The van der Waals surface area contributed by atoms with E-state index in [1.165, 1.54) is 33.4 Å². The molecule has 0 bridgehead atoms. The molecular weight excluding hydrogens is 312 g/mol. The highest BCUT2D eigenvalue weighted by molar-refractivity contribution is 5.86. The maximum absolute atomic E-state index is 3.92. The van der Waals surface area contributed by atoms with Gasteiger partial charge in [0.2, 0.25) is 0 Å². The Morgan fingerprint density at radius 3 is 1.77 bits per heavy atom. The van der Waals surface area contributed by atoms with Crippen LogP contribution in [0.25, 0.3) is 39.5 Å². The lowest BCUT2D eigenvalue weighted by Crippen LogP contribution is -1.88. The van der Waals surface area contributed by atoms with Crippen molar-refractivity contribution in [3.63, 3.8) is 0 Å². The Kier molecular flexibility index (Phi) is 4.49. The van der Waals surface area contributed by atoms with Gasteiger partial charge in [-0.1, -0.05) is 104 Å². The Bertz CT molecular complexity index is 1030. The molecule has 0 N–H and O–H groups in total. The van der Waals surface area contributed by atoms with Crippen molar-refractivity contribution in [3.05, 3.63) is 115 Å². The first-order chi connectivity index (χ1) is 12.8. The van der Waals surface area contributed by atoms with E-state index >= 15 is 0 Å². The van der Waals surface area contributed by atoms with Crippen LogP contribution >= 0.6 is 0 Å². The fourth-order valence-corrected chi connectivity index (χ4v) is 3.29. The maximum Gasteiger partial charge on any atom is -0.00995 e. The summed E-state index contributed by atoms with van der Waals surface area (Å²) in [6.45, 7) is 3.92. The van der Waals surface area contributed by atoms with E-state index in [-0.39, 0.29) is 0 Å². The molecule has 0 atom stereocenters. The van der Waals surface area contributed by atoms with E-state index in [0.29, 0.717) is 0 Å². The average molecular weight is 332 g/mol. The normalized spacial score (nSPS) is 10.5. The van der Waals surface area contributed by atoms with Crippen molar-refractivity contribution < 1.29 is 0 Å². The third kappa shape index (κ3) is 3.22. The van der Waals surface area contributed by atoms with Crippen molar-refractivity contribution in [2.75, 3.05) is 0 Å². The van der Waals surface area contributed by atoms with Gasteiger partial charge in [-0.15, -0.1) is 0 Å². The van der Waals surface area contributed by atoms with Crippen LogP contribution in [0.15, 0.2) is 110 Å². The Labute approximate surface area is 155 Å². The monoisotopic (exact) mass is 332 g/mol. The average Bonchev–Trinajstić information content (AvgIpc) is 2.74. The zero-order chi connectivity index (χ0) is 17.8. The molecule has 0 saturated heterocycles. The molecule has 4 aromatic rings. The molecule has 4 rings (SSSR count). The standard InChI is InChI=1S/C26H20/c1-2-20-16-17-25(26(18-20)22-12-7-4-8-13-22)24-15-9-14-23(19-24)21-10-5-3-6-11-21/h2-19H,1H2. The molecule has 0 unspecified atom stereocenters. The fraction of sp³-hybridized carbons (Fsp3) is 0. The van der Waals surface area contributed by atoms with E-state index in [1.807, 2.05) is 6.08 Å². The molecule has 0 heterocycles. The van der Waals surface area contributed by atoms with Gasteiger partial charge in [-0.2, -0.15) is 0 Å². The highest BCUT2D eigenvalue weighted by Crippen LogP contribution is 2.35. The molecule has 124 valence electrons. The molecule has 0 fully saturated rings. The third-order valence-corrected chi connectivity index (χ3v) is 4.64. The summed E-state index contributed by atoms with van der Waals surface area (Å²) in [7, 11) is 0. The van der Waals surface area contributed by atoms with E-state index in [9.17, 15) is 0 Å². The van der Waals surface area contributed by atoms with Gasteiger partial charge in [-0.3, -0.25) is 0 Å². The Morgan fingerprint density at radius 2 is 1.08 bits per heavy atom. The molecule has 0 aliphatic rings. The van der Waals surface area contributed by atoms with Crippen LogP contribution < -0.4 is 0 Å². The predicted molar refractivity (Wildman–Crippen MR) is 113 cm³/mol. The van der Waals surface area contributed by atoms with Gasteiger partial charge in [0.1, 0.15) is 0 Å². The molecule has 4 aromatic carbocycles. The molecule has 0 saturated carbocycles. The molecule has 0 aliphatic carbocycles. The summed E-state index contributed by atoms with van der Waals surface area (Å²) in [5, 5.41) is 0. The lowest BCUT2D eigenvalue weighted by molar-refractivity contribution is 1.56. The maximum atomic E-state index is 3.92. The van der Waals surface area contributed by atoms with E-state index in [0.717, 1.165) is 5.56 Å². The van der Waals surface area contributed by atoms with Crippen LogP contribution in [0.4, 0.5) is 0 Å². The number of benzene rings is 4.